The highest BCUT2D eigenvalue weighted by molar-refractivity contribution is 5.77. The maximum atomic E-state index is 11.9. The van der Waals surface area contributed by atoms with Crippen LogP contribution in [0.3, 0.4) is 0 Å². The monoisotopic (exact) mass is 262 g/mol. The van der Waals surface area contributed by atoms with Crippen molar-refractivity contribution in [2.24, 2.45) is 11.1 Å². The van der Waals surface area contributed by atoms with Crippen LogP contribution in [0.2, 0.25) is 0 Å². The molecule has 3 nitrogen and oxygen atoms in total. The number of carbonyl (C=O) groups is 1. The van der Waals surface area contributed by atoms with Gasteiger partial charge in [-0.15, -0.1) is 0 Å². The lowest BCUT2D eigenvalue weighted by Gasteiger charge is -2.27. The Hall–Kier alpha value is -1.35. The summed E-state index contributed by atoms with van der Waals surface area (Å²) in [5.74, 6) is 0.0214. The Balaban J connectivity index is 2.79. The fraction of sp³-hybridized carbons (Fsp3) is 0.562. The van der Waals surface area contributed by atoms with Gasteiger partial charge < -0.3 is 11.1 Å². The first kappa shape index (κ1) is 15.7. The van der Waals surface area contributed by atoms with Gasteiger partial charge in [0.05, 0.1) is 6.04 Å². The Morgan fingerprint density at radius 2 is 1.84 bits per heavy atom. The summed E-state index contributed by atoms with van der Waals surface area (Å²) in [5, 5.41) is 3.10. The van der Waals surface area contributed by atoms with Crippen LogP contribution in [-0.2, 0) is 4.79 Å². The van der Waals surface area contributed by atoms with Gasteiger partial charge in [0, 0.05) is 12.5 Å². The number of rotatable bonds is 5. The number of hydrogen-bond donors (Lipinski definition) is 2. The maximum absolute atomic E-state index is 11.9. The predicted molar refractivity (Wildman–Crippen MR) is 79.7 cm³/mol. The van der Waals surface area contributed by atoms with Crippen molar-refractivity contribution in [3.05, 3.63) is 35.9 Å². The van der Waals surface area contributed by atoms with Crippen molar-refractivity contribution in [2.45, 2.75) is 52.6 Å². The van der Waals surface area contributed by atoms with E-state index in [2.05, 4.69) is 38.2 Å². The SMILES string of the molecule is CC(N)CC(=O)NC(CC(C)(C)C)c1ccccc1. The fourth-order valence-electron chi connectivity index (χ4n) is 2.10. The quantitative estimate of drug-likeness (QED) is 0.857. The highest BCUT2D eigenvalue weighted by Crippen LogP contribution is 2.29. The van der Waals surface area contributed by atoms with Gasteiger partial charge in [0.1, 0.15) is 0 Å². The molecule has 19 heavy (non-hydrogen) atoms. The summed E-state index contributed by atoms with van der Waals surface area (Å²) in [6.07, 6.45) is 1.27. The molecular formula is C16H26N2O. The molecule has 0 aliphatic rings. The first-order chi connectivity index (χ1) is 8.78. The fourth-order valence-corrected chi connectivity index (χ4v) is 2.10. The van der Waals surface area contributed by atoms with Crippen molar-refractivity contribution in [3.8, 4) is 0 Å². The Morgan fingerprint density at radius 3 is 2.32 bits per heavy atom. The minimum atomic E-state index is -0.105. The number of carbonyl (C=O) groups excluding carboxylic acids is 1. The minimum absolute atomic E-state index is 0.0214. The lowest BCUT2D eigenvalue weighted by molar-refractivity contribution is -0.122. The van der Waals surface area contributed by atoms with E-state index in [-0.39, 0.29) is 23.4 Å². The van der Waals surface area contributed by atoms with Crippen LogP contribution in [0.1, 0.15) is 52.1 Å². The molecular weight excluding hydrogens is 236 g/mol. The second kappa shape index (κ2) is 6.71. The molecule has 2 atom stereocenters. The molecule has 0 bridgehead atoms. The van der Waals surface area contributed by atoms with Crippen molar-refractivity contribution < 1.29 is 4.79 Å². The van der Waals surface area contributed by atoms with E-state index in [0.717, 1.165) is 12.0 Å². The lowest BCUT2D eigenvalue weighted by Crippen LogP contribution is -2.34. The summed E-state index contributed by atoms with van der Waals surface area (Å²) in [6, 6.07) is 10.1. The molecule has 0 aromatic heterocycles. The smallest absolute Gasteiger partial charge is 0.222 e. The van der Waals surface area contributed by atoms with Gasteiger partial charge in [-0.2, -0.15) is 0 Å². The molecule has 0 fully saturated rings. The Kier molecular flexibility index (Phi) is 5.55. The van der Waals surface area contributed by atoms with E-state index in [0.29, 0.717) is 6.42 Å². The van der Waals surface area contributed by atoms with Crippen molar-refractivity contribution in [1.82, 2.24) is 5.32 Å². The second-order valence-corrected chi connectivity index (χ2v) is 6.48. The van der Waals surface area contributed by atoms with E-state index >= 15 is 0 Å². The second-order valence-electron chi connectivity index (χ2n) is 6.48. The van der Waals surface area contributed by atoms with E-state index < -0.39 is 0 Å². The molecule has 3 N–H and O–H groups in total. The van der Waals surface area contributed by atoms with Gasteiger partial charge in [0.25, 0.3) is 0 Å². The van der Waals surface area contributed by atoms with Crippen LogP contribution in [0.25, 0.3) is 0 Å². The molecule has 2 unspecified atom stereocenters. The van der Waals surface area contributed by atoms with E-state index in [9.17, 15) is 4.79 Å². The molecule has 1 rings (SSSR count). The van der Waals surface area contributed by atoms with Crippen LogP contribution in [0.5, 0.6) is 0 Å². The van der Waals surface area contributed by atoms with Crippen LogP contribution in [0.15, 0.2) is 30.3 Å². The predicted octanol–water partition coefficient (Wildman–Crippen LogP) is 3.02. The topological polar surface area (TPSA) is 55.1 Å². The Morgan fingerprint density at radius 1 is 1.26 bits per heavy atom. The number of amides is 1. The van der Waals surface area contributed by atoms with Crippen LogP contribution in [-0.4, -0.2) is 11.9 Å². The first-order valence-electron chi connectivity index (χ1n) is 6.88. The van der Waals surface area contributed by atoms with Crippen LogP contribution >= 0.6 is 0 Å². The molecule has 0 spiro atoms. The molecule has 1 aromatic carbocycles. The zero-order chi connectivity index (χ0) is 14.5. The normalized spacial score (nSPS) is 14.8. The van der Waals surface area contributed by atoms with Crippen LogP contribution in [0.4, 0.5) is 0 Å². The molecule has 0 aliphatic carbocycles. The summed E-state index contributed by atoms with van der Waals surface area (Å²) in [6.45, 7) is 8.39. The van der Waals surface area contributed by atoms with Crippen molar-refractivity contribution in [2.75, 3.05) is 0 Å². The number of benzene rings is 1. The highest BCUT2D eigenvalue weighted by atomic mass is 16.1. The van der Waals surface area contributed by atoms with Gasteiger partial charge in [0.2, 0.25) is 5.91 Å². The molecule has 3 heteroatoms. The third-order valence-corrected chi connectivity index (χ3v) is 2.86. The van der Waals surface area contributed by atoms with E-state index in [1.165, 1.54) is 0 Å². The summed E-state index contributed by atoms with van der Waals surface area (Å²) >= 11 is 0. The summed E-state index contributed by atoms with van der Waals surface area (Å²) in [4.78, 5) is 11.9. The van der Waals surface area contributed by atoms with Crippen molar-refractivity contribution in [1.29, 1.82) is 0 Å². The van der Waals surface area contributed by atoms with E-state index in [4.69, 9.17) is 5.73 Å². The van der Waals surface area contributed by atoms with Gasteiger partial charge in [-0.3, -0.25) is 4.79 Å². The average Bonchev–Trinajstić information content (AvgIpc) is 2.26. The van der Waals surface area contributed by atoms with Crippen LogP contribution in [0, 0.1) is 5.41 Å². The standard InChI is InChI=1S/C16H26N2O/c1-12(17)10-15(19)18-14(11-16(2,3)4)13-8-6-5-7-9-13/h5-9,12,14H,10-11,17H2,1-4H3,(H,18,19). The third-order valence-electron chi connectivity index (χ3n) is 2.86. The molecule has 0 saturated heterocycles. The molecule has 0 radical (unpaired) electrons. The largest absolute Gasteiger partial charge is 0.349 e. The molecule has 0 heterocycles. The lowest BCUT2D eigenvalue weighted by atomic mass is 9.85. The van der Waals surface area contributed by atoms with Crippen LogP contribution < -0.4 is 11.1 Å². The van der Waals surface area contributed by atoms with Gasteiger partial charge >= 0.3 is 0 Å². The molecule has 106 valence electrons. The molecule has 1 aromatic rings. The van der Waals surface area contributed by atoms with Crippen molar-refractivity contribution in [3.63, 3.8) is 0 Å². The van der Waals surface area contributed by atoms with E-state index in [1.807, 2.05) is 25.1 Å². The first-order valence-corrected chi connectivity index (χ1v) is 6.88. The van der Waals surface area contributed by atoms with Gasteiger partial charge in [-0.25, -0.2) is 0 Å². The Labute approximate surface area is 116 Å². The zero-order valence-electron chi connectivity index (χ0n) is 12.4. The summed E-state index contributed by atoms with van der Waals surface area (Å²) < 4.78 is 0. The highest BCUT2D eigenvalue weighted by Gasteiger charge is 2.22. The van der Waals surface area contributed by atoms with E-state index in [1.54, 1.807) is 0 Å². The number of hydrogen-bond acceptors (Lipinski definition) is 2. The molecule has 1 amide bonds. The van der Waals surface area contributed by atoms with Gasteiger partial charge in [-0.1, -0.05) is 51.1 Å². The maximum Gasteiger partial charge on any atom is 0.222 e. The minimum Gasteiger partial charge on any atom is -0.349 e. The summed E-state index contributed by atoms with van der Waals surface area (Å²) in [5.41, 5.74) is 6.98. The van der Waals surface area contributed by atoms with Crippen molar-refractivity contribution >= 4 is 5.91 Å². The number of nitrogens with one attached hydrogen (secondary N) is 1. The average molecular weight is 262 g/mol. The third kappa shape index (κ3) is 6.39. The summed E-state index contributed by atoms with van der Waals surface area (Å²) in [7, 11) is 0. The molecule has 0 aliphatic heterocycles. The Bertz CT molecular complexity index is 393. The zero-order valence-corrected chi connectivity index (χ0v) is 12.4. The van der Waals surface area contributed by atoms with Gasteiger partial charge in [0.15, 0.2) is 0 Å². The number of nitrogens with two attached hydrogens (primary N) is 1. The molecule has 0 saturated carbocycles. The van der Waals surface area contributed by atoms with Gasteiger partial charge in [-0.05, 0) is 24.3 Å².